The Morgan fingerprint density at radius 1 is 1.50 bits per heavy atom. The molecule has 0 radical (unpaired) electrons. The standard InChI is InChI=1S/C4H7Cl2N.ClH/c5-4(6)2-1-3-7;/h2H,1,3,7H2;1H. The van der Waals surface area contributed by atoms with Gasteiger partial charge in [0.1, 0.15) is 4.49 Å². The van der Waals surface area contributed by atoms with E-state index in [4.69, 9.17) is 28.9 Å². The number of hydrogen-bond acceptors (Lipinski definition) is 1. The fourth-order valence-corrected chi connectivity index (χ4v) is 0.411. The molecule has 0 saturated carbocycles. The van der Waals surface area contributed by atoms with Crippen LogP contribution in [0.25, 0.3) is 0 Å². The van der Waals surface area contributed by atoms with E-state index in [-0.39, 0.29) is 12.4 Å². The molecular formula is C4H8Cl3N. The maximum atomic E-state index is 5.23. The van der Waals surface area contributed by atoms with Crippen LogP contribution in [0.2, 0.25) is 0 Å². The van der Waals surface area contributed by atoms with Gasteiger partial charge in [-0.3, -0.25) is 0 Å². The van der Waals surface area contributed by atoms with Crippen molar-refractivity contribution in [1.29, 1.82) is 0 Å². The Hall–Kier alpha value is 0.570. The van der Waals surface area contributed by atoms with Gasteiger partial charge in [-0.2, -0.15) is 0 Å². The molecular weight excluding hydrogens is 168 g/mol. The molecule has 8 heavy (non-hydrogen) atoms. The van der Waals surface area contributed by atoms with Crippen LogP contribution in [0.5, 0.6) is 0 Å². The van der Waals surface area contributed by atoms with E-state index in [2.05, 4.69) is 0 Å². The van der Waals surface area contributed by atoms with Gasteiger partial charge in [-0.1, -0.05) is 29.3 Å². The molecule has 0 unspecified atom stereocenters. The fourth-order valence-electron chi connectivity index (χ4n) is 0.192. The zero-order valence-electron chi connectivity index (χ0n) is 4.23. The lowest BCUT2D eigenvalue weighted by Gasteiger charge is -1.81. The topological polar surface area (TPSA) is 26.0 Å². The molecule has 1 nitrogen and oxygen atoms in total. The van der Waals surface area contributed by atoms with E-state index in [9.17, 15) is 0 Å². The zero-order chi connectivity index (χ0) is 5.70. The second-order valence-electron chi connectivity index (χ2n) is 1.07. The highest BCUT2D eigenvalue weighted by Crippen LogP contribution is 2.05. The number of hydrogen-bond donors (Lipinski definition) is 1. The molecule has 0 spiro atoms. The van der Waals surface area contributed by atoms with Gasteiger partial charge in [0, 0.05) is 0 Å². The van der Waals surface area contributed by atoms with E-state index in [1.54, 1.807) is 6.08 Å². The minimum atomic E-state index is 0. The molecule has 0 bridgehead atoms. The number of rotatable bonds is 2. The average molecular weight is 176 g/mol. The predicted octanol–water partition coefficient (Wildman–Crippen LogP) is 2.08. The molecule has 0 atom stereocenters. The van der Waals surface area contributed by atoms with Crippen molar-refractivity contribution in [2.45, 2.75) is 6.42 Å². The zero-order valence-corrected chi connectivity index (χ0v) is 6.56. The van der Waals surface area contributed by atoms with E-state index < -0.39 is 0 Å². The van der Waals surface area contributed by atoms with Crippen LogP contribution in [0, 0.1) is 0 Å². The molecule has 0 aromatic carbocycles. The highest BCUT2D eigenvalue weighted by Gasteiger charge is 1.78. The number of halogens is 3. The Balaban J connectivity index is 0. The summed E-state index contributed by atoms with van der Waals surface area (Å²) in [5, 5.41) is 0. The average Bonchev–Trinajstić information content (AvgIpc) is 1.61. The SMILES string of the molecule is Cl.NCCC=C(Cl)Cl. The van der Waals surface area contributed by atoms with Gasteiger partial charge < -0.3 is 5.73 Å². The van der Waals surface area contributed by atoms with Crippen molar-refractivity contribution in [2.75, 3.05) is 6.54 Å². The molecule has 0 aliphatic carbocycles. The fraction of sp³-hybridized carbons (Fsp3) is 0.500. The van der Waals surface area contributed by atoms with E-state index in [1.165, 1.54) is 0 Å². The lowest BCUT2D eigenvalue weighted by Crippen LogP contribution is -1.94. The van der Waals surface area contributed by atoms with Crippen LogP contribution in [-0.2, 0) is 0 Å². The first-order valence-corrected chi connectivity index (χ1v) is 2.74. The Morgan fingerprint density at radius 3 is 2.12 bits per heavy atom. The predicted molar refractivity (Wildman–Crippen MR) is 40.7 cm³/mol. The summed E-state index contributed by atoms with van der Waals surface area (Å²) in [5.74, 6) is 0. The van der Waals surface area contributed by atoms with Crippen LogP contribution >= 0.6 is 35.6 Å². The van der Waals surface area contributed by atoms with Crippen LogP contribution in [0.1, 0.15) is 6.42 Å². The van der Waals surface area contributed by atoms with Crippen molar-refractivity contribution in [1.82, 2.24) is 0 Å². The van der Waals surface area contributed by atoms with Crippen molar-refractivity contribution in [2.24, 2.45) is 5.73 Å². The van der Waals surface area contributed by atoms with Crippen LogP contribution in [0.3, 0.4) is 0 Å². The molecule has 50 valence electrons. The third kappa shape index (κ3) is 9.76. The van der Waals surface area contributed by atoms with Crippen LogP contribution in [-0.4, -0.2) is 6.54 Å². The third-order valence-electron chi connectivity index (χ3n) is 0.465. The van der Waals surface area contributed by atoms with Gasteiger partial charge in [0.2, 0.25) is 0 Å². The summed E-state index contributed by atoms with van der Waals surface area (Å²) in [6.45, 7) is 0.600. The van der Waals surface area contributed by atoms with Gasteiger partial charge in [-0.15, -0.1) is 12.4 Å². The van der Waals surface area contributed by atoms with Gasteiger partial charge in [0.15, 0.2) is 0 Å². The molecule has 0 aromatic rings. The van der Waals surface area contributed by atoms with Crippen molar-refractivity contribution in [3.05, 3.63) is 10.6 Å². The minimum absolute atomic E-state index is 0. The summed E-state index contributed by atoms with van der Waals surface area (Å²) in [6.07, 6.45) is 2.42. The highest BCUT2D eigenvalue weighted by molar-refractivity contribution is 6.55. The monoisotopic (exact) mass is 175 g/mol. The summed E-state index contributed by atoms with van der Waals surface area (Å²) >= 11 is 10.5. The van der Waals surface area contributed by atoms with Crippen LogP contribution < -0.4 is 5.73 Å². The van der Waals surface area contributed by atoms with Crippen LogP contribution in [0.4, 0.5) is 0 Å². The second-order valence-corrected chi connectivity index (χ2v) is 2.08. The summed E-state index contributed by atoms with van der Waals surface area (Å²) in [6, 6.07) is 0. The van der Waals surface area contributed by atoms with Crippen LogP contribution in [0.15, 0.2) is 10.6 Å². The summed E-state index contributed by atoms with van der Waals surface area (Å²) < 4.78 is 0.297. The molecule has 0 amide bonds. The van der Waals surface area contributed by atoms with E-state index in [1.807, 2.05) is 0 Å². The smallest absolute Gasteiger partial charge is 0.102 e. The molecule has 0 heterocycles. The van der Waals surface area contributed by atoms with Crippen molar-refractivity contribution >= 4 is 35.6 Å². The molecule has 0 aromatic heterocycles. The molecule has 0 aliphatic rings. The maximum absolute atomic E-state index is 5.23. The summed E-state index contributed by atoms with van der Waals surface area (Å²) in [5.41, 5.74) is 5.11. The Labute approximate surface area is 65.2 Å². The summed E-state index contributed by atoms with van der Waals surface area (Å²) in [4.78, 5) is 0. The van der Waals surface area contributed by atoms with Crippen molar-refractivity contribution < 1.29 is 0 Å². The normalized spacial score (nSPS) is 7.38. The molecule has 0 aliphatic heterocycles. The lowest BCUT2D eigenvalue weighted by atomic mass is 10.4. The molecule has 0 fully saturated rings. The van der Waals surface area contributed by atoms with Gasteiger partial charge >= 0.3 is 0 Å². The lowest BCUT2D eigenvalue weighted by molar-refractivity contribution is 1.01. The molecule has 4 heteroatoms. The first-order chi connectivity index (χ1) is 3.27. The quantitative estimate of drug-likeness (QED) is 0.685. The highest BCUT2D eigenvalue weighted by atomic mass is 35.5. The second kappa shape index (κ2) is 7.57. The largest absolute Gasteiger partial charge is 0.330 e. The van der Waals surface area contributed by atoms with Crippen molar-refractivity contribution in [3.8, 4) is 0 Å². The van der Waals surface area contributed by atoms with Gasteiger partial charge in [0.25, 0.3) is 0 Å². The van der Waals surface area contributed by atoms with Gasteiger partial charge in [0.05, 0.1) is 0 Å². The third-order valence-corrected chi connectivity index (χ3v) is 0.774. The molecule has 2 N–H and O–H groups in total. The minimum Gasteiger partial charge on any atom is -0.330 e. The molecule has 0 saturated heterocycles. The first-order valence-electron chi connectivity index (χ1n) is 1.98. The van der Waals surface area contributed by atoms with Gasteiger partial charge in [-0.25, -0.2) is 0 Å². The van der Waals surface area contributed by atoms with E-state index in [0.29, 0.717) is 11.0 Å². The first kappa shape index (κ1) is 11.4. The Kier molecular flexibility index (Phi) is 10.8. The molecule has 0 rings (SSSR count). The van der Waals surface area contributed by atoms with E-state index in [0.717, 1.165) is 6.42 Å². The number of nitrogens with two attached hydrogens (primary N) is 1. The Morgan fingerprint density at radius 2 is 2.00 bits per heavy atom. The Bertz CT molecular complexity index is 67.7. The van der Waals surface area contributed by atoms with Crippen molar-refractivity contribution in [3.63, 3.8) is 0 Å². The van der Waals surface area contributed by atoms with Gasteiger partial charge in [-0.05, 0) is 13.0 Å². The summed E-state index contributed by atoms with van der Waals surface area (Å²) in [7, 11) is 0. The maximum Gasteiger partial charge on any atom is 0.102 e. The van der Waals surface area contributed by atoms with E-state index >= 15 is 0 Å².